The molecule has 7 nitrogen and oxygen atoms in total. The van der Waals surface area contributed by atoms with Crippen LogP contribution in [0.1, 0.15) is 47.7 Å². The Balaban J connectivity index is 1.37. The summed E-state index contributed by atoms with van der Waals surface area (Å²) >= 11 is 0. The van der Waals surface area contributed by atoms with Crippen molar-refractivity contribution >= 4 is 22.7 Å². The molecule has 0 unspecified atom stereocenters. The van der Waals surface area contributed by atoms with Crippen LogP contribution in [0.25, 0.3) is 10.9 Å². The van der Waals surface area contributed by atoms with Crippen molar-refractivity contribution in [2.75, 3.05) is 24.5 Å². The van der Waals surface area contributed by atoms with E-state index in [4.69, 9.17) is 4.74 Å². The number of H-pyrrole nitrogens is 1. The van der Waals surface area contributed by atoms with Crippen LogP contribution in [-0.4, -0.2) is 40.7 Å². The van der Waals surface area contributed by atoms with Gasteiger partial charge < -0.3 is 25.0 Å². The summed E-state index contributed by atoms with van der Waals surface area (Å²) in [5, 5.41) is 13.3. The molecule has 0 saturated carbocycles. The summed E-state index contributed by atoms with van der Waals surface area (Å²) in [5.41, 5.74) is 2.38. The van der Waals surface area contributed by atoms with Crippen LogP contribution in [0, 0.1) is 0 Å². The monoisotopic (exact) mass is 474 g/mol. The van der Waals surface area contributed by atoms with Gasteiger partial charge in [-0.3, -0.25) is 4.79 Å². The Labute approximate surface area is 193 Å². The number of halogens is 3. The first-order valence-corrected chi connectivity index (χ1v) is 11.3. The van der Waals surface area contributed by atoms with Crippen LogP contribution in [0.2, 0.25) is 0 Å². The van der Waals surface area contributed by atoms with Crippen molar-refractivity contribution in [2.24, 2.45) is 0 Å². The van der Waals surface area contributed by atoms with Gasteiger partial charge in [-0.15, -0.1) is 0 Å². The summed E-state index contributed by atoms with van der Waals surface area (Å²) in [6, 6.07) is 6.28. The zero-order valence-electron chi connectivity index (χ0n) is 18.4. The molecule has 2 aliphatic rings. The number of hydrogen-bond acceptors (Lipinski definition) is 5. The maximum atomic E-state index is 13.7. The van der Waals surface area contributed by atoms with E-state index in [-0.39, 0.29) is 24.9 Å². The van der Waals surface area contributed by atoms with Crippen molar-refractivity contribution in [1.82, 2.24) is 15.3 Å². The third kappa shape index (κ3) is 4.42. The van der Waals surface area contributed by atoms with Crippen LogP contribution >= 0.6 is 0 Å². The number of ether oxygens (including phenoxy) is 1. The van der Waals surface area contributed by atoms with Gasteiger partial charge >= 0.3 is 12.1 Å². The van der Waals surface area contributed by atoms with Crippen molar-refractivity contribution < 1.29 is 27.8 Å². The van der Waals surface area contributed by atoms with E-state index in [2.05, 4.69) is 15.3 Å². The van der Waals surface area contributed by atoms with E-state index in [9.17, 15) is 23.1 Å². The predicted octanol–water partition coefficient (Wildman–Crippen LogP) is 4.42. The number of carbonyl (C=O) groups is 1. The summed E-state index contributed by atoms with van der Waals surface area (Å²) < 4.78 is 46.9. The molecule has 34 heavy (non-hydrogen) atoms. The lowest BCUT2D eigenvalue weighted by atomic mass is 9.97. The number of benzene rings is 1. The minimum atomic E-state index is -4.50. The van der Waals surface area contributed by atoms with Crippen molar-refractivity contribution in [3.05, 3.63) is 52.8 Å². The Morgan fingerprint density at radius 1 is 1.24 bits per heavy atom. The largest absolute Gasteiger partial charge is 0.489 e. The lowest BCUT2D eigenvalue weighted by Gasteiger charge is -2.22. The molecule has 0 spiro atoms. The van der Waals surface area contributed by atoms with Crippen LogP contribution < -0.4 is 15.0 Å². The Morgan fingerprint density at radius 2 is 2.03 bits per heavy atom. The van der Waals surface area contributed by atoms with Crippen LogP contribution in [0.5, 0.6) is 5.75 Å². The lowest BCUT2D eigenvalue weighted by molar-refractivity contribution is -0.138. The van der Waals surface area contributed by atoms with Gasteiger partial charge in [0.2, 0.25) is 0 Å². The predicted molar refractivity (Wildman–Crippen MR) is 120 cm³/mol. The third-order valence-corrected chi connectivity index (χ3v) is 6.44. The van der Waals surface area contributed by atoms with Gasteiger partial charge in [0.1, 0.15) is 18.2 Å². The van der Waals surface area contributed by atoms with Crippen LogP contribution in [0.3, 0.4) is 0 Å². The average Bonchev–Trinajstić information content (AvgIpc) is 3.45. The topological polar surface area (TPSA) is 90.5 Å². The highest BCUT2D eigenvalue weighted by atomic mass is 19.4. The maximum absolute atomic E-state index is 13.7. The average molecular weight is 474 g/mol. The van der Waals surface area contributed by atoms with Gasteiger partial charge in [0.25, 0.3) is 0 Å². The van der Waals surface area contributed by atoms with Crippen LogP contribution in [-0.2, 0) is 24.0 Å². The number of carboxylic acid groups (broad SMARTS) is 1. The van der Waals surface area contributed by atoms with Crippen LogP contribution in [0.4, 0.5) is 19.0 Å². The highest BCUT2D eigenvalue weighted by molar-refractivity contribution is 5.87. The fraction of sp³-hybridized carbons (Fsp3) is 0.417. The molecule has 3 N–H and O–H groups in total. The quantitative estimate of drug-likeness (QED) is 0.490. The molecule has 1 saturated heterocycles. The summed E-state index contributed by atoms with van der Waals surface area (Å²) in [4.78, 5) is 20.3. The molecule has 180 valence electrons. The fourth-order valence-electron chi connectivity index (χ4n) is 4.86. The SMILES string of the molecule is O=C(O)C[C@@H]1NCCc2c1[nH]c1ccc(OCc3cnc(N4CCCC4)c(C(F)(F)F)c3)cc21. The van der Waals surface area contributed by atoms with E-state index < -0.39 is 17.7 Å². The van der Waals surface area contributed by atoms with E-state index in [1.807, 2.05) is 12.1 Å². The van der Waals surface area contributed by atoms with Gasteiger partial charge in [-0.05, 0) is 55.6 Å². The first-order chi connectivity index (χ1) is 16.3. The second-order valence-electron chi connectivity index (χ2n) is 8.77. The Kier molecular flexibility index (Phi) is 5.85. The molecule has 0 bridgehead atoms. The molecular formula is C24H25F3N4O3. The number of carboxylic acids is 1. The van der Waals surface area contributed by atoms with Crippen LogP contribution in [0.15, 0.2) is 30.5 Å². The van der Waals surface area contributed by atoms with Gasteiger partial charge in [-0.2, -0.15) is 13.2 Å². The number of fused-ring (bicyclic) bond motifs is 3. The molecule has 0 aliphatic carbocycles. The Morgan fingerprint density at radius 3 is 2.76 bits per heavy atom. The zero-order chi connectivity index (χ0) is 23.9. The molecule has 3 aromatic rings. The number of rotatable bonds is 6. The number of alkyl halides is 3. The van der Waals surface area contributed by atoms with Crippen molar-refractivity contribution in [1.29, 1.82) is 0 Å². The van der Waals surface area contributed by atoms with E-state index in [1.165, 1.54) is 6.20 Å². The van der Waals surface area contributed by atoms with E-state index in [0.717, 1.165) is 47.5 Å². The molecule has 2 aromatic heterocycles. The smallest absolute Gasteiger partial charge is 0.419 e. The number of anilines is 1. The fourth-order valence-corrected chi connectivity index (χ4v) is 4.86. The summed E-state index contributed by atoms with van der Waals surface area (Å²) in [6.45, 7) is 1.78. The standard InChI is InChI=1S/C24H25F3N4O3/c25-24(26,27)18-9-14(12-29-23(18)31-7-1-2-8-31)13-34-15-3-4-19-17(10-15)16-5-6-28-20(11-21(32)33)22(16)30-19/h3-4,9-10,12,20,28,30H,1-2,5-8,11,13H2,(H,32,33)/t20-/m0/s1. The normalized spacial score (nSPS) is 18.3. The van der Waals surface area contributed by atoms with Gasteiger partial charge in [-0.1, -0.05) is 0 Å². The molecule has 2 aliphatic heterocycles. The van der Waals surface area contributed by atoms with E-state index >= 15 is 0 Å². The van der Waals surface area contributed by atoms with E-state index in [1.54, 1.807) is 11.0 Å². The van der Waals surface area contributed by atoms with Crippen molar-refractivity contribution in [3.8, 4) is 5.75 Å². The lowest BCUT2D eigenvalue weighted by Crippen LogP contribution is -2.31. The number of pyridine rings is 1. The molecule has 5 rings (SSSR count). The first-order valence-electron chi connectivity index (χ1n) is 11.3. The van der Waals surface area contributed by atoms with Crippen molar-refractivity contribution in [3.63, 3.8) is 0 Å². The Bertz CT molecular complexity index is 1220. The number of nitrogens with zero attached hydrogens (tertiary/aromatic N) is 2. The number of nitrogens with one attached hydrogen (secondary N) is 2. The molecular weight excluding hydrogens is 449 g/mol. The second kappa shape index (κ2) is 8.83. The highest BCUT2D eigenvalue weighted by Gasteiger charge is 2.37. The van der Waals surface area contributed by atoms with E-state index in [0.29, 0.717) is 30.9 Å². The second-order valence-corrected chi connectivity index (χ2v) is 8.77. The van der Waals surface area contributed by atoms with Crippen molar-refractivity contribution in [2.45, 2.75) is 44.5 Å². The first kappa shape index (κ1) is 22.5. The minimum absolute atomic E-state index is 0.0151. The molecule has 1 atom stereocenters. The molecule has 10 heteroatoms. The number of hydrogen-bond donors (Lipinski definition) is 3. The minimum Gasteiger partial charge on any atom is -0.489 e. The summed E-state index contributed by atoms with van der Waals surface area (Å²) in [7, 11) is 0. The Hall–Kier alpha value is -3.27. The number of aromatic nitrogens is 2. The highest BCUT2D eigenvalue weighted by Crippen LogP contribution is 2.37. The molecule has 4 heterocycles. The summed E-state index contributed by atoms with van der Waals surface area (Å²) in [5.74, 6) is -0.367. The molecule has 0 radical (unpaired) electrons. The number of aromatic amines is 1. The van der Waals surface area contributed by atoms with Gasteiger partial charge in [0, 0.05) is 41.4 Å². The van der Waals surface area contributed by atoms with Gasteiger partial charge in [-0.25, -0.2) is 4.98 Å². The zero-order valence-corrected chi connectivity index (χ0v) is 18.4. The van der Waals surface area contributed by atoms with Gasteiger partial charge in [0.15, 0.2) is 0 Å². The molecule has 1 fully saturated rings. The molecule has 0 amide bonds. The molecule has 1 aromatic carbocycles. The maximum Gasteiger partial charge on any atom is 0.419 e. The number of aliphatic carboxylic acids is 1. The summed E-state index contributed by atoms with van der Waals surface area (Å²) in [6.07, 6.45) is -0.603. The third-order valence-electron chi connectivity index (χ3n) is 6.44. The van der Waals surface area contributed by atoms with Gasteiger partial charge in [0.05, 0.1) is 18.0 Å².